The van der Waals surface area contributed by atoms with E-state index in [2.05, 4.69) is 11.8 Å². The molecule has 7 heteroatoms. The summed E-state index contributed by atoms with van der Waals surface area (Å²) in [5, 5.41) is 0. The molecule has 0 unspecified atom stereocenters. The summed E-state index contributed by atoms with van der Waals surface area (Å²) < 4.78 is 30.5. The summed E-state index contributed by atoms with van der Waals surface area (Å²) in [6.07, 6.45) is 4.41. The molecule has 0 spiro atoms. The highest BCUT2D eigenvalue weighted by molar-refractivity contribution is 7.91. The van der Waals surface area contributed by atoms with Crippen LogP contribution < -0.4 is 0 Å². The molecule has 0 saturated carbocycles. The van der Waals surface area contributed by atoms with Crippen molar-refractivity contribution in [3.05, 3.63) is 29.8 Å². The van der Waals surface area contributed by atoms with E-state index in [0.717, 1.165) is 64.1 Å². The van der Waals surface area contributed by atoms with Crippen LogP contribution >= 0.6 is 0 Å². The first-order chi connectivity index (χ1) is 13.9. The Morgan fingerprint density at radius 3 is 2.41 bits per heavy atom. The van der Waals surface area contributed by atoms with E-state index in [1.54, 1.807) is 24.3 Å². The number of aryl methyl sites for hydroxylation is 1. The molecule has 0 bridgehead atoms. The Hall–Kier alpha value is -1.44. The van der Waals surface area contributed by atoms with Gasteiger partial charge in [-0.3, -0.25) is 9.69 Å². The van der Waals surface area contributed by atoms with Crippen molar-refractivity contribution >= 4 is 15.7 Å². The van der Waals surface area contributed by atoms with Gasteiger partial charge in [-0.25, -0.2) is 8.42 Å². The van der Waals surface area contributed by atoms with Gasteiger partial charge in [0.25, 0.3) is 0 Å². The Balaban J connectivity index is 1.90. The maximum absolute atomic E-state index is 12.8. The number of amides is 1. The number of nitrogens with zero attached hydrogens (tertiary/aromatic N) is 2. The van der Waals surface area contributed by atoms with Crippen LogP contribution in [0.2, 0.25) is 0 Å². The predicted molar refractivity (Wildman–Crippen MR) is 116 cm³/mol. The summed E-state index contributed by atoms with van der Waals surface area (Å²) in [5.74, 6) is -0.205. The largest absolute Gasteiger partial charge is 0.379 e. The fraction of sp³-hybridized carbons (Fsp3) is 0.682. The molecule has 29 heavy (non-hydrogen) atoms. The van der Waals surface area contributed by atoms with Crippen LogP contribution in [-0.2, 0) is 19.4 Å². The van der Waals surface area contributed by atoms with Crippen molar-refractivity contribution in [2.45, 2.75) is 50.8 Å². The van der Waals surface area contributed by atoms with Crippen molar-refractivity contribution in [3.8, 4) is 0 Å². The van der Waals surface area contributed by atoms with Gasteiger partial charge in [-0.2, -0.15) is 0 Å². The molecule has 6 nitrogen and oxygen atoms in total. The van der Waals surface area contributed by atoms with Gasteiger partial charge in [0.1, 0.15) is 0 Å². The molecule has 1 heterocycles. The van der Waals surface area contributed by atoms with Crippen molar-refractivity contribution < 1.29 is 17.9 Å². The molecule has 1 amide bonds. The Labute approximate surface area is 176 Å². The summed E-state index contributed by atoms with van der Waals surface area (Å²) >= 11 is 0. The van der Waals surface area contributed by atoms with Crippen molar-refractivity contribution in [1.82, 2.24) is 9.80 Å². The van der Waals surface area contributed by atoms with Crippen LogP contribution in [0.15, 0.2) is 29.2 Å². The van der Waals surface area contributed by atoms with Crippen LogP contribution in [0, 0.1) is 6.92 Å². The van der Waals surface area contributed by atoms with Gasteiger partial charge in [-0.05, 0) is 25.5 Å². The number of unbranched alkanes of at least 4 members (excludes halogenated alkanes) is 3. The first-order valence-electron chi connectivity index (χ1n) is 10.8. The molecule has 1 aromatic carbocycles. The van der Waals surface area contributed by atoms with Gasteiger partial charge in [0.05, 0.1) is 23.9 Å². The predicted octanol–water partition coefficient (Wildman–Crippen LogP) is 2.90. The average Bonchev–Trinajstić information content (AvgIpc) is 2.72. The molecular weight excluding hydrogens is 388 g/mol. The molecule has 0 aliphatic carbocycles. The molecule has 0 radical (unpaired) electrons. The van der Waals surface area contributed by atoms with Crippen LogP contribution in [0.25, 0.3) is 0 Å². The lowest BCUT2D eigenvalue weighted by Crippen LogP contribution is -2.43. The second-order valence-electron chi connectivity index (χ2n) is 7.78. The second-order valence-corrected chi connectivity index (χ2v) is 9.89. The molecule has 1 aromatic rings. The molecule has 1 aliphatic rings. The monoisotopic (exact) mass is 424 g/mol. The van der Waals surface area contributed by atoms with Gasteiger partial charge in [0, 0.05) is 39.1 Å². The van der Waals surface area contributed by atoms with Crippen molar-refractivity contribution in [2.75, 3.05) is 51.7 Å². The van der Waals surface area contributed by atoms with Gasteiger partial charge in [0.15, 0.2) is 9.84 Å². The molecule has 1 fully saturated rings. The van der Waals surface area contributed by atoms with Crippen molar-refractivity contribution in [1.29, 1.82) is 0 Å². The van der Waals surface area contributed by atoms with E-state index in [-0.39, 0.29) is 18.1 Å². The lowest BCUT2D eigenvalue weighted by Gasteiger charge is -2.30. The Morgan fingerprint density at radius 1 is 1.07 bits per heavy atom. The number of sulfone groups is 1. The third kappa shape index (κ3) is 8.44. The maximum Gasteiger partial charge on any atom is 0.223 e. The first kappa shape index (κ1) is 23.8. The van der Waals surface area contributed by atoms with Crippen LogP contribution in [0.3, 0.4) is 0 Å². The number of morpholine rings is 1. The molecule has 1 saturated heterocycles. The standard InChI is InChI=1S/C22H36N2O4S/c1-3-4-5-6-12-24(14-13-23-15-17-28-18-16-23)22(25)11-19-29(26,27)21-9-7-20(2)8-10-21/h7-10H,3-6,11-19H2,1-2H3. The zero-order valence-electron chi connectivity index (χ0n) is 17.9. The van der Waals surface area contributed by atoms with E-state index in [1.807, 2.05) is 11.8 Å². The summed E-state index contributed by atoms with van der Waals surface area (Å²) in [4.78, 5) is 17.3. The van der Waals surface area contributed by atoms with Crippen LogP contribution in [0.1, 0.15) is 44.6 Å². The second kappa shape index (κ2) is 12.3. The number of hydrogen-bond donors (Lipinski definition) is 0. The van der Waals surface area contributed by atoms with Crippen molar-refractivity contribution in [3.63, 3.8) is 0 Å². The number of carbonyl (C=O) groups is 1. The SMILES string of the molecule is CCCCCCN(CCN1CCOCC1)C(=O)CCS(=O)(=O)c1ccc(C)cc1. The van der Waals surface area contributed by atoms with Gasteiger partial charge < -0.3 is 9.64 Å². The third-order valence-corrected chi connectivity index (χ3v) is 7.12. The highest BCUT2D eigenvalue weighted by Gasteiger charge is 2.21. The van der Waals surface area contributed by atoms with Crippen LogP contribution in [0.4, 0.5) is 0 Å². The van der Waals surface area contributed by atoms with Crippen LogP contribution in [-0.4, -0.2) is 75.8 Å². The summed E-state index contributed by atoms with van der Waals surface area (Å²) in [6, 6.07) is 6.82. The highest BCUT2D eigenvalue weighted by Crippen LogP contribution is 2.14. The van der Waals surface area contributed by atoms with Gasteiger partial charge in [0.2, 0.25) is 5.91 Å². The molecule has 0 atom stereocenters. The van der Waals surface area contributed by atoms with Crippen LogP contribution in [0.5, 0.6) is 0 Å². The minimum absolute atomic E-state index is 0.0348. The van der Waals surface area contributed by atoms with E-state index in [0.29, 0.717) is 18.0 Å². The third-order valence-electron chi connectivity index (χ3n) is 5.39. The van der Waals surface area contributed by atoms with Gasteiger partial charge in [-0.1, -0.05) is 43.9 Å². The normalized spacial score (nSPS) is 15.4. The number of hydrogen-bond acceptors (Lipinski definition) is 5. The maximum atomic E-state index is 12.8. The Morgan fingerprint density at radius 2 is 1.76 bits per heavy atom. The zero-order valence-corrected chi connectivity index (χ0v) is 18.8. The van der Waals surface area contributed by atoms with E-state index in [4.69, 9.17) is 4.74 Å². The number of carbonyl (C=O) groups excluding carboxylic acids is 1. The van der Waals surface area contributed by atoms with E-state index in [1.165, 1.54) is 0 Å². The first-order valence-corrected chi connectivity index (χ1v) is 12.4. The highest BCUT2D eigenvalue weighted by atomic mass is 32.2. The van der Waals surface area contributed by atoms with E-state index < -0.39 is 9.84 Å². The quantitative estimate of drug-likeness (QED) is 0.483. The molecular formula is C22H36N2O4S. The summed E-state index contributed by atoms with van der Waals surface area (Å²) in [6.45, 7) is 9.50. The average molecular weight is 425 g/mol. The summed E-state index contributed by atoms with van der Waals surface area (Å²) in [5.41, 5.74) is 1.02. The Bertz CT molecular complexity index is 713. The molecule has 0 N–H and O–H groups in total. The smallest absolute Gasteiger partial charge is 0.223 e. The lowest BCUT2D eigenvalue weighted by molar-refractivity contribution is -0.131. The summed E-state index contributed by atoms with van der Waals surface area (Å²) in [7, 11) is -3.44. The van der Waals surface area contributed by atoms with Crippen molar-refractivity contribution in [2.24, 2.45) is 0 Å². The molecule has 0 aromatic heterocycles. The fourth-order valence-electron chi connectivity index (χ4n) is 3.42. The fourth-order valence-corrected chi connectivity index (χ4v) is 4.65. The van der Waals surface area contributed by atoms with E-state index in [9.17, 15) is 13.2 Å². The molecule has 1 aliphatic heterocycles. The number of rotatable bonds is 12. The number of benzene rings is 1. The zero-order chi connectivity index (χ0) is 21.1. The Kier molecular flexibility index (Phi) is 10.1. The lowest BCUT2D eigenvalue weighted by atomic mass is 10.2. The molecule has 2 rings (SSSR count). The minimum Gasteiger partial charge on any atom is -0.379 e. The number of ether oxygens (including phenoxy) is 1. The van der Waals surface area contributed by atoms with Gasteiger partial charge in [-0.15, -0.1) is 0 Å². The minimum atomic E-state index is -3.44. The topological polar surface area (TPSA) is 66.9 Å². The molecule has 164 valence electrons. The van der Waals surface area contributed by atoms with E-state index >= 15 is 0 Å². The van der Waals surface area contributed by atoms with Gasteiger partial charge >= 0.3 is 0 Å².